The molecule has 138 valence electrons. The van der Waals surface area contributed by atoms with Crippen LogP contribution in [0.3, 0.4) is 0 Å². The van der Waals surface area contributed by atoms with Gasteiger partial charge in [0.05, 0.1) is 7.11 Å². The van der Waals surface area contributed by atoms with Crippen molar-refractivity contribution in [2.45, 2.75) is 32.4 Å². The maximum Gasteiger partial charge on any atom is 0.389 e. The minimum Gasteiger partial charge on any atom is -0.493 e. The molecular formula is C16H15F3N4O3. The molecule has 7 nitrogen and oxygen atoms in total. The zero-order valence-corrected chi connectivity index (χ0v) is 14.0. The van der Waals surface area contributed by atoms with Gasteiger partial charge in [0, 0.05) is 19.0 Å². The maximum absolute atomic E-state index is 12.4. The van der Waals surface area contributed by atoms with Gasteiger partial charge >= 0.3 is 12.1 Å². The number of hydrogen-bond acceptors (Lipinski definition) is 5. The van der Waals surface area contributed by atoms with Crippen molar-refractivity contribution in [2.24, 2.45) is 0 Å². The Bertz CT molecular complexity index is 869. The number of pyridine rings is 1. The lowest BCUT2D eigenvalue weighted by Gasteiger charge is -2.13. The second-order valence-electron chi connectivity index (χ2n) is 5.32. The number of halogens is 3. The highest BCUT2D eigenvalue weighted by Crippen LogP contribution is 2.28. The quantitative estimate of drug-likeness (QED) is 0.841. The molecule has 0 bridgehead atoms. The van der Waals surface area contributed by atoms with E-state index in [-0.39, 0.29) is 29.5 Å². The van der Waals surface area contributed by atoms with Gasteiger partial charge in [-0.15, -0.1) is 0 Å². The van der Waals surface area contributed by atoms with Crippen molar-refractivity contribution in [3.63, 3.8) is 0 Å². The monoisotopic (exact) mass is 368 g/mol. The molecule has 0 aliphatic rings. The molecule has 1 N–H and O–H groups in total. The molecule has 26 heavy (non-hydrogen) atoms. The summed E-state index contributed by atoms with van der Waals surface area (Å²) in [4.78, 5) is 19.3. The van der Waals surface area contributed by atoms with Crippen LogP contribution in [0.1, 0.15) is 40.9 Å². The third-order valence-electron chi connectivity index (χ3n) is 3.59. The topological polar surface area (TPSA) is 101 Å². The van der Waals surface area contributed by atoms with E-state index in [0.29, 0.717) is 12.0 Å². The summed E-state index contributed by atoms with van der Waals surface area (Å²) in [5.74, 6) is -0.884. The van der Waals surface area contributed by atoms with Crippen molar-refractivity contribution in [1.82, 2.24) is 14.5 Å². The Labute approximate surface area is 146 Å². The van der Waals surface area contributed by atoms with Crippen LogP contribution in [0.25, 0.3) is 5.82 Å². The van der Waals surface area contributed by atoms with Gasteiger partial charge in [0.2, 0.25) is 0 Å². The first-order chi connectivity index (χ1) is 12.2. The van der Waals surface area contributed by atoms with E-state index >= 15 is 0 Å². The molecule has 2 rings (SSSR count). The first-order valence-electron chi connectivity index (χ1n) is 7.56. The number of imidazole rings is 1. The second-order valence-corrected chi connectivity index (χ2v) is 5.32. The molecule has 0 unspecified atom stereocenters. The number of nitrogens with zero attached hydrogens (tertiary/aromatic N) is 4. The lowest BCUT2D eigenvalue weighted by atomic mass is 10.1. The molecule has 2 aromatic rings. The van der Waals surface area contributed by atoms with E-state index in [1.807, 2.05) is 0 Å². The number of carboxylic acid groups (broad SMARTS) is 1. The summed E-state index contributed by atoms with van der Waals surface area (Å²) in [5.41, 5.74) is -0.351. The Hall–Kier alpha value is -3.09. The normalized spacial score (nSPS) is 11.2. The SMILES string of the molecule is CCc1nc(C(=O)O)c(C#N)n1-c1ncc(CCC(F)(F)F)cc1OC. The Morgan fingerprint density at radius 3 is 2.65 bits per heavy atom. The number of methoxy groups -OCH3 is 1. The van der Waals surface area contributed by atoms with Crippen molar-refractivity contribution in [2.75, 3.05) is 7.11 Å². The lowest BCUT2D eigenvalue weighted by Crippen LogP contribution is -2.11. The predicted octanol–water partition coefficient (Wildman–Crippen LogP) is 2.90. The molecule has 0 spiro atoms. The Morgan fingerprint density at radius 2 is 2.15 bits per heavy atom. The molecule has 0 aliphatic heterocycles. The van der Waals surface area contributed by atoms with Crippen LogP contribution in [0.5, 0.6) is 5.75 Å². The summed E-state index contributed by atoms with van der Waals surface area (Å²) in [6, 6.07) is 3.17. The maximum atomic E-state index is 12.4. The Morgan fingerprint density at radius 1 is 1.46 bits per heavy atom. The first-order valence-corrected chi connectivity index (χ1v) is 7.56. The smallest absolute Gasteiger partial charge is 0.389 e. The van der Waals surface area contributed by atoms with Crippen molar-refractivity contribution < 1.29 is 27.8 Å². The fourth-order valence-corrected chi connectivity index (χ4v) is 2.40. The van der Waals surface area contributed by atoms with E-state index in [0.717, 1.165) is 0 Å². The number of aryl methyl sites for hydroxylation is 2. The van der Waals surface area contributed by atoms with Gasteiger partial charge in [0.15, 0.2) is 23.0 Å². The van der Waals surface area contributed by atoms with Crippen LogP contribution in [-0.4, -0.2) is 38.9 Å². The zero-order valence-electron chi connectivity index (χ0n) is 14.0. The first kappa shape index (κ1) is 19.2. The van der Waals surface area contributed by atoms with E-state index in [4.69, 9.17) is 4.74 Å². The van der Waals surface area contributed by atoms with Crippen molar-refractivity contribution in [3.05, 3.63) is 35.0 Å². The van der Waals surface area contributed by atoms with E-state index in [1.165, 1.54) is 23.9 Å². The third kappa shape index (κ3) is 3.93. The number of hydrogen-bond donors (Lipinski definition) is 1. The number of rotatable bonds is 6. The average molecular weight is 368 g/mol. The van der Waals surface area contributed by atoms with Gasteiger partial charge in [-0.3, -0.25) is 4.57 Å². The van der Waals surface area contributed by atoms with Gasteiger partial charge in [-0.2, -0.15) is 18.4 Å². The number of carbonyl (C=O) groups is 1. The summed E-state index contributed by atoms with van der Waals surface area (Å²) in [5, 5.41) is 18.6. The number of aromatic carboxylic acids is 1. The highest BCUT2D eigenvalue weighted by atomic mass is 19.4. The summed E-state index contributed by atoms with van der Waals surface area (Å²) < 4.78 is 43.6. The lowest BCUT2D eigenvalue weighted by molar-refractivity contribution is -0.134. The Balaban J connectivity index is 2.55. The largest absolute Gasteiger partial charge is 0.493 e. The molecule has 2 aromatic heterocycles. The van der Waals surface area contributed by atoms with Gasteiger partial charge in [-0.25, -0.2) is 14.8 Å². The molecule has 0 saturated carbocycles. The highest BCUT2D eigenvalue weighted by Gasteiger charge is 2.28. The van der Waals surface area contributed by atoms with Gasteiger partial charge in [-0.05, 0) is 18.1 Å². The molecular weight excluding hydrogens is 353 g/mol. The van der Waals surface area contributed by atoms with Crippen molar-refractivity contribution in [3.8, 4) is 17.6 Å². The van der Waals surface area contributed by atoms with E-state index in [9.17, 15) is 28.3 Å². The minimum absolute atomic E-state index is 0.0941. The standard InChI is InChI=1S/C16H15F3N4O3/c1-3-12-22-13(15(24)25)10(7-20)23(12)14-11(26-2)6-9(8-21-14)4-5-16(17,18)19/h6,8H,3-5H2,1-2H3,(H,24,25). The fraction of sp³-hybridized carbons (Fsp3) is 0.375. The number of carboxylic acids is 1. The second kappa shape index (κ2) is 7.43. The summed E-state index contributed by atoms with van der Waals surface area (Å²) in [6.07, 6.45) is -4.03. The summed E-state index contributed by atoms with van der Waals surface area (Å²) >= 11 is 0. The molecule has 0 aliphatic carbocycles. The van der Waals surface area contributed by atoms with Gasteiger partial charge in [0.25, 0.3) is 0 Å². The number of nitriles is 1. The van der Waals surface area contributed by atoms with Crippen LogP contribution in [0.2, 0.25) is 0 Å². The molecule has 0 aromatic carbocycles. The molecule has 0 saturated heterocycles. The van der Waals surface area contributed by atoms with Crippen molar-refractivity contribution in [1.29, 1.82) is 5.26 Å². The molecule has 2 heterocycles. The summed E-state index contributed by atoms with van der Waals surface area (Å²) in [6.45, 7) is 1.72. The number of ether oxygens (including phenoxy) is 1. The van der Waals surface area contributed by atoms with Crippen LogP contribution in [0.4, 0.5) is 13.2 Å². The minimum atomic E-state index is -4.30. The third-order valence-corrected chi connectivity index (χ3v) is 3.59. The summed E-state index contributed by atoms with van der Waals surface area (Å²) in [7, 11) is 1.31. The fourth-order valence-electron chi connectivity index (χ4n) is 2.40. The molecule has 0 radical (unpaired) electrons. The van der Waals surface area contributed by atoms with Gasteiger partial charge in [0.1, 0.15) is 11.9 Å². The van der Waals surface area contributed by atoms with Gasteiger partial charge in [-0.1, -0.05) is 6.92 Å². The van der Waals surface area contributed by atoms with Crippen LogP contribution >= 0.6 is 0 Å². The van der Waals surface area contributed by atoms with Crippen LogP contribution < -0.4 is 4.74 Å². The van der Waals surface area contributed by atoms with Gasteiger partial charge < -0.3 is 9.84 Å². The molecule has 0 atom stereocenters. The van der Waals surface area contributed by atoms with E-state index in [1.54, 1.807) is 13.0 Å². The Kier molecular flexibility index (Phi) is 5.50. The molecule has 0 amide bonds. The number of alkyl halides is 3. The van der Waals surface area contributed by atoms with E-state index in [2.05, 4.69) is 9.97 Å². The van der Waals surface area contributed by atoms with Crippen LogP contribution in [0.15, 0.2) is 12.3 Å². The zero-order chi connectivity index (χ0) is 19.5. The molecule has 0 fully saturated rings. The molecule has 10 heteroatoms. The van der Waals surface area contributed by atoms with Crippen LogP contribution in [0, 0.1) is 11.3 Å². The van der Waals surface area contributed by atoms with E-state index < -0.39 is 24.3 Å². The predicted molar refractivity (Wildman–Crippen MR) is 83.3 cm³/mol. The number of aromatic nitrogens is 3. The van der Waals surface area contributed by atoms with Crippen LogP contribution in [-0.2, 0) is 12.8 Å². The van der Waals surface area contributed by atoms with Crippen molar-refractivity contribution >= 4 is 5.97 Å². The average Bonchev–Trinajstić information content (AvgIpc) is 2.97. The highest BCUT2D eigenvalue weighted by molar-refractivity contribution is 5.88.